The van der Waals surface area contributed by atoms with Crippen LogP contribution in [0.15, 0.2) is 95.5 Å². The highest BCUT2D eigenvalue weighted by Crippen LogP contribution is 2.31. The molecule has 0 radical (unpaired) electrons. The SMILES string of the molecule is CN1CC(=O)N2C(CN(Cc3cccc4ccccc34)C(=O)[C@@H]2Cc2ccc(O)cc2)N1C(=O)CCc1cccc(Br)c1. The first kappa shape index (κ1) is 28.9. The Labute approximate surface area is 259 Å². The number of aryl methyl sites for hydroxylation is 1. The molecule has 1 unspecified atom stereocenters. The van der Waals surface area contributed by atoms with Crippen molar-refractivity contribution in [1.29, 1.82) is 0 Å². The van der Waals surface area contributed by atoms with Crippen molar-refractivity contribution in [1.82, 2.24) is 19.8 Å². The van der Waals surface area contributed by atoms with E-state index in [-0.39, 0.29) is 49.4 Å². The zero-order valence-corrected chi connectivity index (χ0v) is 25.5. The van der Waals surface area contributed by atoms with Crippen molar-refractivity contribution in [3.05, 3.63) is 112 Å². The molecule has 2 aliphatic heterocycles. The molecule has 8 nitrogen and oxygen atoms in total. The average molecular weight is 642 g/mol. The molecule has 2 heterocycles. The van der Waals surface area contributed by atoms with Gasteiger partial charge < -0.3 is 14.9 Å². The van der Waals surface area contributed by atoms with E-state index < -0.39 is 12.2 Å². The monoisotopic (exact) mass is 640 g/mol. The van der Waals surface area contributed by atoms with Crippen molar-refractivity contribution in [3.8, 4) is 5.75 Å². The summed E-state index contributed by atoms with van der Waals surface area (Å²) < 4.78 is 0.955. The van der Waals surface area contributed by atoms with Crippen LogP contribution in [-0.2, 0) is 33.8 Å². The number of benzene rings is 4. The second kappa shape index (κ2) is 12.2. The smallest absolute Gasteiger partial charge is 0.246 e. The molecule has 3 amide bonds. The van der Waals surface area contributed by atoms with Crippen LogP contribution in [-0.4, -0.2) is 75.0 Å². The molecule has 0 bridgehead atoms. The summed E-state index contributed by atoms with van der Waals surface area (Å²) in [5.41, 5.74) is 2.87. The number of nitrogens with zero attached hydrogens (tertiary/aromatic N) is 4. The van der Waals surface area contributed by atoms with Crippen molar-refractivity contribution < 1.29 is 19.5 Å². The van der Waals surface area contributed by atoms with E-state index in [9.17, 15) is 19.5 Å². The maximum absolute atomic E-state index is 14.2. The summed E-state index contributed by atoms with van der Waals surface area (Å²) >= 11 is 3.50. The molecular formula is C34H33BrN4O4. The number of carbonyl (C=O) groups is 3. The van der Waals surface area contributed by atoms with Gasteiger partial charge in [0.25, 0.3) is 0 Å². The summed E-state index contributed by atoms with van der Waals surface area (Å²) in [4.78, 5) is 45.1. The molecule has 0 aliphatic carbocycles. The van der Waals surface area contributed by atoms with Gasteiger partial charge in [0, 0.05) is 30.9 Å². The number of halogens is 1. The zero-order chi connectivity index (χ0) is 30.1. The van der Waals surface area contributed by atoms with Crippen LogP contribution < -0.4 is 0 Å². The van der Waals surface area contributed by atoms with Crippen LogP contribution in [0.3, 0.4) is 0 Å². The summed E-state index contributed by atoms with van der Waals surface area (Å²) in [6, 6.07) is 27.9. The summed E-state index contributed by atoms with van der Waals surface area (Å²) in [5.74, 6) is -0.318. The predicted octanol–water partition coefficient (Wildman–Crippen LogP) is 4.74. The minimum atomic E-state index is -0.792. The number of amides is 3. The molecule has 0 spiro atoms. The summed E-state index contributed by atoms with van der Waals surface area (Å²) in [5, 5.41) is 15.3. The maximum atomic E-state index is 14.2. The van der Waals surface area contributed by atoms with Gasteiger partial charge in [0.2, 0.25) is 17.7 Å². The number of hydrazine groups is 1. The Kier molecular flexibility index (Phi) is 8.19. The molecule has 2 atom stereocenters. The van der Waals surface area contributed by atoms with Gasteiger partial charge in [-0.1, -0.05) is 82.7 Å². The Bertz CT molecular complexity index is 1670. The van der Waals surface area contributed by atoms with Gasteiger partial charge >= 0.3 is 0 Å². The number of carbonyl (C=O) groups excluding carboxylic acids is 3. The number of likely N-dealkylation sites (N-methyl/N-ethyl adjacent to an activating group) is 1. The quantitative estimate of drug-likeness (QED) is 0.316. The maximum Gasteiger partial charge on any atom is 0.246 e. The molecule has 2 saturated heterocycles. The van der Waals surface area contributed by atoms with Gasteiger partial charge in [0.1, 0.15) is 18.0 Å². The number of phenols is 1. The van der Waals surface area contributed by atoms with Crippen molar-refractivity contribution in [3.63, 3.8) is 0 Å². The minimum Gasteiger partial charge on any atom is -0.508 e. The highest BCUT2D eigenvalue weighted by atomic mass is 79.9. The van der Waals surface area contributed by atoms with Crippen LogP contribution in [0.25, 0.3) is 10.8 Å². The molecule has 43 heavy (non-hydrogen) atoms. The molecule has 1 N–H and O–H groups in total. The molecule has 220 valence electrons. The van der Waals surface area contributed by atoms with E-state index in [1.165, 1.54) is 0 Å². The second-order valence-corrected chi connectivity index (χ2v) is 12.1. The van der Waals surface area contributed by atoms with Crippen LogP contribution in [0, 0.1) is 0 Å². The van der Waals surface area contributed by atoms with E-state index in [2.05, 4.69) is 22.0 Å². The van der Waals surface area contributed by atoms with E-state index in [4.69, 9.17) is 0 Å². The van der Waals surface area contributed by atoms with Gasteiger partial charge in [-0.15, -0.1) is 0 Å². The lowest BCUT2D eigenvalue weighted by Gasteiger charge is -2.54. The fourth-order valence-corrected chi connectivity index (χ4v) is 6.71. The third-order valence-corrected chi connectivity index (χ3v) is 8.81. The third-order valence-electron chi connectivity index (χ3n) is 8.32. The van der Waals surface area contributed by atoms with Gasteiger partial charge in [0.05, 0.1) is 13.1 Å². The minimum absolute atomic E-state index is 0.00179. The lowest BCUT2D eigenvalue weighted by Crippen LogP contribution is -2.75. The number of aromatic hydroxyl groups is 1. The molecule has 0 saturated carbocycles. The summed E-state index contributed by atoms with van der Waals surface area (Å²) in [6.45, 7) is 0.559. The fraction of sp³-hybridized carbons (Fsp3) is 0.265. The van der Waals surface area contributed by atoms with Crippen LogP contribution in [0.5, 0.6) is 5.75 Å². The van der Waals surface area contributed by atoms with Crippen LogP contribution in [0.2, 0.25) is 0 Å². The molecular weight excluding hydrogens is 608 g/mol. The number of rotatable bonds is 7. The highest BCUT2D eigenvalue weighted by Gasteiger charge is 2.50. The van der Waals surface area contributed by atoms with Gasteiger partial charge in [-0.3, -0.25) is 19.4 Å². The van der Waals surface area contributed by atoms with Crippen LogP contribution >= 0.6 is 15.9 Å². The molecule has 6 rings (SSSR count). The van der Waals surface area contributed by atoms with E-state index >= 15 is 0 Å². The molecule has 2 aliphatic rings. The molecule has 0 aromatic heterocycles. The Morgan fingerprint density at radius 2 is 1.67 bits per heavy atom. The average Bonchev–Trinajstić information content (AvgIpc) is 2.99. The lowest BCUT2D eigenvalue weighted by atomic mass is 9.97. The Balaban J connectivity index is 1.34. The van der Waals surface area contributed by atoms with E-state index in [0.29, 0.717) is 13.0 Å². The molecule has 2 fully saturated rings. The molecule has 9 heteroatoms. The molecule has 4 aromatic rings. The van der Waals surface area contributed by atoms with Gasteiger partial charge in [-0.25, -0.2) is 5.01 Å². The number of piperazine rings is 1. The first-order valence-corrected chi connectivity index (χ1v) is 15.2. The Morgan fingerprint density at radius 3 is 2.47 bits per heavy atom. The largest absolute Gasteiger partial charge is 0.508 e. The van der Waals surface area contributed by atoms with E-state index in [0.717, 1.165) is 31.9 Å². The predicted molar refractivity (Wildman–Crippen MR) is 168 cm³/mol. The van der Waals surface area contributed by atoms with Crippen molar-refractivity contribution in [2.45, 2.75) is 38.0 Å². The Hall–Kier alpha value is -4.21. The second-order valence-electron chi connectivity index (χ2n) is 11.2. The summed E-state index contributed by atoms with van der Waals surface area (Å²) in [6.07, 6.45) is 0.450. The van der Waals surface area contributed by atoms with E-state index in [1.807, 2.05) is 60.7 Å². The number of phenolic OH excluding ortho intramolecular Hbond substituents is 1. The lowest BCUT2D eigenvalue weighted by molar-refractivity contribution is -0.202. The number of fused-ring (bicyclic) bond motifs is 2. The van der Waals surface area contributed by atoms with Crippen LogP contribution in [0.1, 0.15) is 23.1 Å². The van der Waals surface area contributed by atoms with Gasteiger partial charge in [0.15, 0.2) is 0 Å². The van der Waals surface area contributed by atoms with Crippen molar-refractivity contribution in [2.24, 2.45) is 0 Å². The topological polar surface area (TPSA) is 84.4 Å². The Morgan fingerprint density at radius 1 is 0.930 bits per heavy atom. The zero-order valence-electron chi connectivity index (χ0n) is 23.9. The first-order valence-electron chi connectivity index (χ1n) is 14.4. The van der Waals surface area contributed by atoms with Crippen molar-refractivity contribution in [2.75, 3.05) is 20.1 Å². The standard InChI is InChI=1S/C34H33BrN4O4/c1-36-22-33(42)38-30(19-24-12-15-28(40)16-13-24)34(43)37(20-26-9-5-8-25-7-2-3-11-29(25)26)21-31(38)39(36)32(41)17-14-23-6-4-10-27(35)18-23/h2-13,15-16,18,30-31,40H,14,17,19-22H2,1H3/t30-,31?/m0/s1. The summed E-state index contributed by atoms with van der Waals surface area (Å²) in [7, 11) is 1.76. The van der Waals surface area contributed by atoms with Gasteiger partial charge in [-0.05, 0) is 58.1 Å². The molecule has 4 aromatic carbocycles. The normalized spacial score (nSPS) is 19.2. The highest BCUT2D eigenvalue weighted by molar-refractivity contribution is 9.10. The van der Waals surface area contributed by atoms with Crippen LogP contribution in [0.4, 0.5) is 0 Å². The number of hydrogen-bond acceptors (Lipinski definition) is 5. The fourth-order valence-electron chi connectivity index (χ4n) is 6.26. The van der Waals surface area contributed by atoms with E-state index in [1.54, 1.807) is 51.1 Å². The van der Waals surface area contributed by atoms with Gasteiger partial charge in [-0.2, -0.15) is 0 Å². The number of hydrogen-bond donors (Lipinski definition) is 1. The first-order chi connectivity index (χ1) is 20.8. The van der Waals surface area contributed by atoms with Crippen molar-refractivity contribution >= 4 is 44.4 Å². The third kappa shape index (κ3) is 6.00.